The van der Waals surface area contributed by atoms with Crippen molar-refractivity contribution in [3.63, 3.8) is 0 Å². The first-order valence-electron chi connectivity index (χ1n) is 9.09. The highest BCUT2D eigenvalue weighted by Crippen LogP contribution is 2.42. The molecule has 2 aromatic rings. The second-order valence-electron chi connectivity index (χ2n) is 6.83. The first-order valence-corrected chi connectivity index (χ1v) is 9.85. The van der Waals surface area contributed by atoms with Gasteiger partial charge in [-0.25, -0.2) is 4.79 Å². The third-order valence-corrected chi connectivity index (χ3v) is 5.14. The third kappa shape index (κ3) is 4.76. The number of halogens is 3. The number of benzene rings is 1. The SMILES string of the molecule is CC(C)c1cc(Oc2c(Cl)c(F)nc(NCCN3CCNC3=O)c2Cl)ccc1O. The van der Waals surface area contributed by atoms with Crippen molar-refractivity contribution in [2.45, 2.75) is 19.8 Å². The molecule has 10 heteroatoms. The van der Waals surface area contributed by atoms with Crippen molar-refractivity contribution < 1.29 is 19.0 Å². The second-order valence-corrected chi connectivity index (χ2v) is 7.59. The van der Waals surface area contributed by atoms with Gasteiger partial charge in [-0.15, -0.1) is 0 Å². The molecular weight excluding hydrogens is 422 g/mol. The number of hydrogen-bond acceptors (Lipinski definition) is 5. The quantitative estimate of drug-likeness (QED) is 0.546. The Hall–Kier alpha value is -2.45. The molecule has 7 nitrogen and oxygen atoms in total. The monoisotopic (exact) mass is 442 g/mol. The van der Waals surface area contributed by atoms with Gasteiger partial charge in [0.25, 0.3) is 0 Å². The van der Waals surface area contributed by atoms with Gasteiger partial charge in [-0.1, -0.05) is 37.0 Å². The van der Waals surface area contributed by atoms with Crippen molar-refractivity contribution in [2.75, 3.05) is 31.5 Å². The van der Waals surface area contributed by atoms with Gasteiger partial charge in [0.1, 0.15) is 21.5 Å². The van der Waals surface area contributed by atoms with E-state index in [0.717, 1.165) is 0 Å². The lowest BCUT2D eigenvalue weighted by Gasteiger charge is -2.17. The van der Waals surface area contributed by atoms with Gasteiger partial charge in [-0.2, -0.15) is 9.37 Å². The molecule has 3 N–H and O–H groups in total. The van der Waals surface area contributed by atoms with Gasteiger partial charge in [0.15, 0.2) is 11.6 Å². The van der Waals surface area contributed by atoms with E-state index in [1.165, 1.54) is 12.1 Å². The third-order valence-electron chi connectivity index (χ3n) is 4.46. The molecule has 0 unspecified atom stereocenters. The summed E-state index contributed by atoms with van der Waals surface area (Å²) in [6, 6.07) is 4.52. The number of phenols is 1. The van der Waals surface area contributed by atoms with E-state index in [1.807, 2.05) is 13.8 Å². The molecule has 3 rings (SSSR count). The zero-order chi connectivity index (χ0) is 21.1. The van der Waals surface area contributed by atoms with Crippen molar-refractivity contribution >= 4 is 35.1 Å². The number of pyridine rings is 1. The van der Waals surface area contributed by atoms with Crippen LogP contribution in [0.5, 0.6) is 17.2 Å². The fourth-order valence-corrected chi connectivity index (χ4v) is 3.38. The molecule has 1 saturated heterocycles. The molecule has 1 aliphatic rings. The van der Waals surface area contributed by atoms with Crippen LogP contribution >= 0.6 is 23.2 Å². The first-order chi connectivity index (χ1) is 13.8. The Labute approximate surface area is 177 Å². The number of nitrogens with zero attached hydrogens (tertiary/aromatic N) is 2. The average molecular weight is 443 g/mol. The van der Waals surface area contributed by atoms with Crippen LogP contribution in [0.4, 0.5) is 15.0 Å². The van der Waals surface area contributed by atoms with E-state index in [4.69, 9.17) is 27.9 Å². The lowest BCUT2D eigenvalue weighted by molar-refractivity contribution is 0.219. The number of aromatic hydroxyl groups is 1. The second kappa shape index (κ2) is 8.92. The fourth-order valence-electron chi connectivity index (χ4n) is 2.91. The van der Waals surface area contributed by atoms with Crippen LogP contribution in [-0.4, -0.2) is 47.2 Å². The van der Waals surface area contributed by atoms with Crippen LogP contribution in [0.25, 0.3) is 0 Å². The van der Waals surface area contributed by atoms with E-state index in [1.54, 1.807) is 11.0 Å². The summed E-state index contributed by atoms with van der Waals surface area (Å²) in [7, 11) is 0. The van der Waals surface area contributed by atoms with Crippen molar-refractivity contribution in [2.24, 2.45) is 0 Å². The van der Waals surface area contributed by atoms with Crippen LogP contribution < -0.4 is 15.4 Å². The van der Waals surface area contributed by atoms with E-state index in [-0.39, 0.29) is 39.3 Å². The molecule has 1 aliphatic heterocycles. The average Bonchev–Trinajstić information content (AvgIpc) is 3.09. The van der Waals surface area contributed by atoms with Gasteiger partial charge in [0, 0.05) is 31.7 Å². The van der Waals surface area contributed by atoms with Crippen molar-refractivity contribution in [1.29, 1.82) is 0 Å². The number of anilines is 1. The highest BCUT2D eigenvalue weighted by molar-refractivity contribution is 6.38. The summed E-state index contributed by atoms with van der Waals surface area (Å²) in [4.78, 5) is 16.9. The number of ether oxygens (including phenoxy) is 1. The zero-order valence-corrected chi connectivity index (χ0v) is 17.4. The standard InChI is InChI=1S/C19H21Cl2FN4O3/c1-10(2)12-9-11(3-4-13(12)27)29-16-14(20)17(22)25-18(15(16)21)23-5-7-26-8-6-24-19(26)28/h3-4,9-10,27H,5-8H2,1-2H3,(H,23,25)(H,24,28). The number of amides is 2. The predicted molar refractivity (Wildman–Crippen MR) is 110 cm³/mol. The molecule has 0 spiro atoms. The van der Waals surface area contributed by atoms with Crippen LogP contribution in [0.1, 0.15) is 25.3 Å². The highest BCUT2D eigenvalue weighted by atomic mass is 35.5. The number of carbonyl (C=O) groups is 1. The van der Waals surface area contributed by atoms with E-state index in [0.29, 0.717) is 37.5 Å². The van der Waals surface area contributed by atoms with Gasteiger partial charge in [0.2, 0.25) is 5.95 Å². The Morgan fingerprint density at radius 2 is 2.14 bits per heavy atom. The van der Waals surface area contributed by atoms with E-state index >= 15 is 0 Å². The number of hydrogen-bond donors (Lipinski definition) is 3. The smallest absolute Gasteiger partial charge is 0.317 e. The number of nitrogens with one attached hydrogen (secondary N) is 2. The lowest BCUT2D eigenvalue weighted by Crippen LogP contribution is -2.32. The predicted octanol–water partition coefficient (Wildman–Crippen LogP) is 4.59. The maximum atomic E-state index is 14.2. The molecule has 1 aromatic carbocycles. The Morgan fingerprint density at radius 3 is 2.79 bits per heavy atom. The van der Waals surface area contributed by atoms with E-state index < -0.39 is 5.95 Å². The van der Waals surface area contributed by atoms with Gasteiger partial charge in [0.05, 0.1) is 0 Å². The Balaban J connectivity index is 1.80. The maximum Gasteiger partial charge on any atom is 0.317 e. The van der Waals surface area contributed by atoms with Gasteiger partial charge in [-0.3, -0.25) is 0 Å². The molecule has 2 heterocycles. The first kappa shape index (κ1) is 21.3. The Bertz CT molecular complexity index is 927. The topological polar surface area (TPSA) is 86.7 Å². The summed E-state index contributed by atoms with van der Waals surface area (Å²) in [5.41, 5.74) is 0.673. The summed E-state index contributed by atoms with van der Waals surface area (Å²) >= 11 is 12.4. The van der Waals surface area contributed by atoms with Gasteiger partial charge < -0.3 is 25.4 Å². The molecule has 1 aromatic heterocycles. The lowest BCUT2D eigenvalue weighted by atomic mass is 10.0. The van der Waals surface area contributed by atoms with Crippen molar-refractivity contribution in [3.05, 3.63) is 39.8 Å². The maximum absolute atomic E-state index is 14.2. The molecule has 0 radical (unpaired) electrons. The highest BCUT2D eigenvalue weighted by Gasteiger charge is 2.22. The van der Waals surface area contributed by atoms with Crippen LogP contribution in [0.15, 0.2) is 18.2 Å². The fraction of sp³-hybridized carbons (Fsp3) is 0.368. The van der Waals surface area contributed by atoms with E-state index in [2.05, 4.69) is 15.6 Å². The summed E-state index contributed by atoms with van der Waals surface area (Å²) in [5, 5.41) is 15.2. The summed E-state index contributed by atoms with van der Waals surface area (Å²) < 4.78 is 20.0. The van der Waals surface area contributed by atoms with Crippen molar-refractivity contribution in [1.82, 2.24) is 15.2 Å². The zero-order valence-electron chi connectivity index (χ0n) is 15.9. The molecule has 0 bridgehead atoms. The minimum atomic E-state index is -0.935. The Morgan fingerprint density at radius 1 is 1.38 bits per heavy atom. The van der Waals surface area contributed by atoms with Crippen LogP contribution in [0.2, 0.25) is 10.0 Å². The number of phenolic OH excluding ortho intramolecular Hbond substituents is 1. The number of rotatable bonds is 7. The number of carbonyl (C=O) groups excluding carboxylic acids is 1. The number of urea groups is 1. The minimum Gasteiger partial charge on any atom is -0.508 e. The molecule has 0 atom stereocenters. The van der Waals surface area contributed by atoms with Gasteiger partial charge >= 0.3 is 6.03 Å². The molecule has 0 saturated carbocycles. The largest absolute Gasteiger partial charge is 0.508 e. The molecule has 0 aliphatic carbocycles. The molecule has 29 heavy (non-hydrogen) atoms. The van der Waals surface area contributed by atoms with Crippen LogP contribution in [0, 0.1) is 5.95 Å². The summed E-state index contributed by atoms with van der Waals surface area (Å²) in [5.74, 6) is -0.415. The summed E-state index contributed by atoms with van der Waals surface area (Å²) in [6.45, 7) is 5.76. The van der Waals surface area contributed by atoms with Crippen LogP contribution in [0.3, 0.4) is 0 Å². The van der Waals surface area contributed by atoms with E-state index in [9.17, 15) is 14.3 Å². The molecular formula is C19H21Cl2FN4O3. The summed E-state index contributed by atoms with van der Waals surface area (Å²) in [6.07, 6.45) is 0. The molecule has 156 valence electrons. The minimum absolute atomic E-state index is 0.0152. The Kier molecular flexibility index (Phi) is 6.54. The molecule has 2 amide bonds. The van der Waals surface area contributed by atoms with Gasteiger partial charge in [-0.05, 0) is 24.1 Å². The van der Waals surface area contributed by atoms with Crippen molar-refractivity contribution in [3.8, 4) is 17.2 Å². The molecule has 1 fully saturated rings. The number of aromatic nitrogens is 1. The normalized spacial score (nSPS) is 13.7. The van der Waals surface area contributed by atoms with Crippen LogP contribution in [-0.2, 0) is 0 Å².